The lowest BCUT2D eigenvalue weighted by atomic mass is 10.0. The first kappa shape index (κ1) is 22.3. The highest BCUT2D eigenvalue weighted by Crippen LogP contribution is 2.31. The van der Waals surface area contributed by atoms with Crippen molar-refractivity contribution < 1.29 is 23.8 Å². The summed E-state index contributed by atoms with van der Waals surface area (Å²) in [6.45, 7) is 0. The van der Waals surface area contributed by atoms with Gasteiger partial charge in [-0.3, -0.25) is 9.78 Å². The molecule has 3 rings (SSSR count). The Hall–Kier alpha value is -3.40. The number of aromatic nitrogens is 4. The number of benzene rings is 1. The maximum atomic E-state index is 12.7. The number of pyridine rings is 1. The molecule has 2 aromatic heterocycles. The smallest absolute Gasteiger partial charge is 0.338 e. The quantitative estimate of drug-likeness (QED) is 0.365. The third kappa shape index (κ3) is 5.02. The number of thioether (sulfide) groups is 1. The molecular weight excluding hydrogens is 420 g/mol. The van der Waals surface area contributed by atoms with Gasteiger partial charge in [0.2, 0.25) is 0 Å². The van der Waals surface area contributed by atoms with E-state index in [4.69, 9.17) is 14.2 Å². The van der Waals surface area contributed by atoms with Crippen LogP contribution in [0.2, 0.25) is 0 Å². The third-order valence-electron chi connectivity index (χ3n) is 4.52. The highest BCUT2D eigenvalue weighted by atomic mass is 32.2. The monoisotopic (exact) mass is 442 g/mol. The van der Waals surface area contributed by atoms with E-state index in [1.807, 2.05) is 23.7 Å². The van der Waals surface area contributed by atoms with Crippen molar-refractivity contribution in [2.45, 2.75) is 11.6 Å². The third-order valence-corrected chi connectivity index (χ3v) is 5.60. The first-order chi connectivity index (χ1) is 15.0. The van der Waals surface area contributed by atoms with Crippen LogP contribution < -0.4 is 9.47 Å². The highest BCUT2D eigenvalue weighted by molar-refractivity contribution is 7.99. The number of ether oxygens (including phenoxy) is 3. The van der Waals surface area contributed by atoms with Crippen LogP contribution in [0.5, 0.6) is 11.5 Å². The molecular formula is C21H22N4O5S. The molecule has 0 aliphatic carbocycles. The lowest BCUT2D eigenvalue weighted by Gasteiger charge is -2.13. The Kier molecular flexibility index (Phi) is 7.24. The van der Waals surface area contributed by atoms with Gasteiger partial charge in [0.05, 0.1) is 32.6 Å². The van der Waals surface area contributed by atoms with E-state index >= 15 is 0 Å². The number of methoxy groups -OCH3 is 3. The van der Waals surface area contributed by atoms with Crippen molar-refractivity contribution in [1.82, 2.24) is 19.7 Å². The van der Waals surface area contributed by atoms with Gasteiger partial charge in [-0.1, -0.05) is 11.8 Å². The minimum atomic E-state index is -0.550. The summed E-state index contributed by atoms with van der Waals surface area (Å²) in [6.07, 6.45) is 3.42. The van der Waals surface area contributed by atoms with Gasteiger partial charge >= 0.3 is 5.97 Å². The molecule has 0 saturated carbocycles. The average molecular weight is 442 g/mol. The van der Waals surface area contributed by atoms with Crippen LogP contribution in [0.3, 0.4) is 0 Å². The molecule has 162 valence electrons. The summed E-state index contributed by atoms with van der Waals surface area (Å²) < 4.78 is 17.2. The summed E-state index contributed by atoms with van der Waals surface area (Å²) in [5, 5.41) is 8.96. The van der Waals surface area contributed by atoms with Crippen molar-refractivity contribution in [1.29, 1.82) is 0 Å². The number of hydrogen-bond donors (Lipinski definition) is 0. The zero-order chi connectivity index (χ0) is 22.4. The molecule has 0 fully saturated rings. The molecule has 31 heavy (non-hydrogen) atoms. The Labute approximate surface area is 183 Å². The maximum absolute atomic E-state index is 12.7. The van der Waals surface area contributed by atoms with Gasteiger partial charge in [0.25, 0.3) is 0 Å². The molecule has 0 aliphatic heterocycles. The summed E-state index contributed by atoms with van der Waals surface area (Å²) in [4.78, 5) is 29.0. The molecule has 0 aliphatic rings. The van der Waals surface area contributed by atoms with Gasteiger partial charge in [-0.15, -0.1) is 10.2 Å². The van der Waals surface area contributed by atoms with Crippen LogP contribution >= 0.6 is 11.8 Å². The van der Waals surface area contributed by atoms with Gasteiger partial charge in [0.1, 0.15) is 5.78 Å². The van der Waals surface area contributed by atoms with Gasteiger partial charge in [0.15, 0.2) is 22.5 Å². The molecule has 0 radical (unpaired) electrons. The fourth-order valence-corrected chi connectivity index (χ4v) is 3.73. The second-order valence-corrected chi connectivity index (χ2v) is 7.41. The summed E-state index contributed by atoms with van der Waals surface area (Å²) in [5.74, 6) is 0.999. The van der Waals surface area contributed by atoms with Gasteiger partial charge in [-0.25, -0.2) is 4.79 Å². The lowest BCUT2D eigenvalue weighted by molar-refractivity contribution is -0.116. The van der Waals surface area contributed by atoms with E-state index in [-0.39, 0.29) is 23.5 Å². The molecule has 0 atom stereocenters. The first-order valence-corrected chi connectivity index (χ1v) is 10.2. The van der Waals surface area contributed by atoms with Crippen LogP contribution in [-0.2, 0) is 23.0 Å². The molecule has 10 heteroatoms. The number of hydrogen-bond acceptors (Lipinski definition) is 9. The van der Waals surface area contributed by atoms with Crippen LogP contribution in [0, 0.1) is 0 Å². The van der Waals surface area contributed by atoms with Crippen LogP contribution in [0.15, 0.2) is 41.8 Å². The zero-order valence-corrected chi connectivity index (χ0v) is 18.4. The summed E-state index contributed by atoms with van der Waals surface area (Å²) >= 11 is 1.27. The standard InChI is InChI=1S/C21H22N4O5S/c1-25-19(13-6-5-7-22-11-13)23-24-21(25)31-12-15(26)8-14-9-17(28-2)18(29-3)10-16(14)20(27)30-4/h5-7,9-11H,8,12H2,1-4H3. The Balaban J connectivity index is 1.74. The topological polar surface area (TPSA) is 105 Å². The number of carbonyl (C=O) groups is 2. The predicted octanol–water partition coefficient (Wildman–Crippen LogP) is 2.58. The van der Waals surface area contributed by atoms with E-state index in [9.17, 15) is 9.59 Å². The van der Waals surface area contributed by atoms with Gasteiger partial charge in [-0.05, 0) is 29.8 Å². The number of Topliss-reactive ketones (excluding diaryl/α,β-unsaturated/α-hetero) is 1. The molecule has 0 amide bonds. The van der Waals surface area contributed by atoms with Crippen LogP contribution in [-0.4, -0.2) is 58.6 Å². The number of nitrogens with zero attached hydrogens (tertiary/aromatic N) is 4. The fraction of sp³-hybridized carbons (Fsp3) is 0.286. The maximum Gasteiger partial charge on any atom is 0.338 e. The predicted molar refractivity (Wildman–Crippen MR) is 115 cm³/mol. The number of carbonyl (C=O) groups excluding carboxylic acids is 2. The molecule has 9 nitrogen and oxygen atoms in total. The first-order valence-electron chi connectivity index (χ1n) is 9.26. The largest absolute Gasteiger partial charge is 0.493 e. The highest BCUT2D eigenvalue weighted by Gasteiger charge is 2.20. The molecule has 0 bridgehead atoms. The second-order valence-electron chi connectivity index (χ2n) is 6.47. The number of esters is 1. The van der Waals surface area contributed by atoms with Crippen molar-refractivity contribution >= 4 is 23.5 Å². The molecule has 0 unspecified atom stereocenters. The minimum Gasteiger partial charge on any atom is -0.493 e. The summed E-state index contributed by atoms with van der Waals surface area (Å²) in [6, 6.07) is 6.85. The zero-order valence-electron chi connectivity index (χ0n) is 17.6. The second kappa shape index (κ2) is 10.1. The number of rotatable bonds is 9. The Morgan fingerprint density at radius 1 is 1.10 bits per heavy atom. The van der Waals surface area contributed by atoms with E-state index in [1.165, 1.54) is 39.2 Å². The fourth-order valence-electron chi connectivity index (χ4n) is 2.96. The normalized spacial score (nSPS) is 10.6. The van der Waals surface area contributed by atoms with E-state index in [2.05, 4.69) is 15.2 Å². The SMILES string of the molecule is COC(=O)c1cc(OC)c(OC)cc1CC(=O)CSc1nnc(-c2cccnc2)n1C. The van der Waals surface area contributed by atoms with Crippen molar-refractivity contribution in [3.05, 3.63) is 47.8 Å². The van der Waals surface area contributed by atoms with Crippen LogP contribution in [0.4, 0.5) is 0 Å². The number of ketones is 1. The van der Waals surface area contributed by atoms with E-state index in [1.54, 1.807) is 18.5 Å². The Bertz CT molecular complexity index is 1080. The molecule has 0 N–H and O–H groups in total. The van der Waals surface area contributed by atoms with Crippen molar-refractivity contribution in [2.24, 2.45) is 7.05 Å². The van der Waals surface area contributed by atoms with Crippen LogP contribution in [0.1, 0.15) is 15.9 Å². The van der Waals surface area contributed by atoms with Crippen molar-refractivity contribution in [3.63, 3.8) is 0 Å². The molecule has 0 saturated heterocycles. The molecule has 1 aromatic carbocycles. The van der Waals surface area contributed by atoms with Crippen LogP contribution in [0.25, 0.3) is 11.4 Å². The van der Waals surface area contributed by atoms with Gasteiger partial charge < -0.3 is 18.8 Å². The van der Waals surface area contributed by atoms with E-state index < -0.39 is 5.97 Å². The van der Waals surface area contributed by atoms with Gasteiger partial charge in [-0.2, -0.15) is 0 Å². The Morgan fingerprint density at radius 2 is 1.84 bits per heavy atom. The minimum absolute atomic E-state index is 0.0328. The summed E-state index contributed by atoms with van der Waals surface area (Å²) in [5.41, 5.74) is 1.60. The van der Waals surface area contributed by atoms with Crippen molar-refractivity contribution in [3.8, 4) is 22.9 Å². The average Bonchev–Trinajstić information content (AvgIpc) is 3.17. The molecule has 3 aromatic rings. The lowest BCUT2D eigenvalue weighted by Crippen LogP contribution is -2.13. The molecule has 2 heterocycles. The van der Waals surface area contributed by atoms with Gasteiger partial charge in [0, 0.05) is 31.4 Å². The molecule has 0 spiro atoms. The van der Waals surface area contributed by atoms with E-state index in [0.29, 0.717) is 28.0 Å². The summed E-state index contributed by atoms with van der Waals surface area (Å²) in [7, 11) is 6.08. The van der Waals surface area contributed by atoms with E-state index in [0.717, 1.165) is 5.56 Å². The van der Waals surface area contributed by atoms with Crippen molar-refractivity contribution in [2.75, 3.05) is 27.1 Å². The Morgan fingerprint density at radius 3 is 2.48 bits per heavy atom.